The Labute approximate surface area is 105 Å². The van der Waals surface area contributed by atoms with Gasteiger partial charge in [-0.3, -0.25) is 19.2 Å². The van der Waals surface area contributed by atoms with E-state index in [1.54, 1.807) is 6.92 Å². The maximum Gasteiger partial charge on any atom is 0.303 e. The van der Waals surface area contributed by atoms with Crippen molar-refractivity contribution in [2.24, 2.45) is 0 Å². The third-order valence-corrected chi connectivity index (χ3v) is 0.766. The van der Waals surface area contributed by atoms with Crippen LogP contribution in [0.1, 0.15) is 40.0 Å². The smallest absolute Gasteiger partial charge is 0.303 e. The Bertz CT molecular complexity index is 220. The number of rotatable bonds is 3. The molecule has 0 fully saturated rings. The van der Waals surface area contributed by atoms with Gasteiger partial charge in [-0.2, -0.15) is 0 Å². The minimum Gasteiger partial charge on any atom is -0.483 e. The van der Waals surface area contributed by atoms with Gasteiger partial charge >= 0.3 is 11.9 Å². The van der Waals surface area contributed by atoms with Crippen LogP contribution in [0.15, 0.2) is 0 Å². The standard InChI is InChI=1S/C4H8O2.C3H6O2.C2H4O2.CH2O2/c1-2-3-4(5)6;1-2-3(4)5;1-2(3)4;2-1-3/h2-3H2,1H3,(H,5,6);2H2,1H3,(H,4,5);1H3,(H,3,4);1H,(H,2,3). The van der Waals surface area contributed by atoms with E-state index in [1.165, 1.54) is 0 Å². The average Bonchev–Trinajstić information content (AvgIpc) is 2.18. The van der Waals surface area contributed by atoms with Crippen molar-refractivity contribution in [2.75, 3.05) is 0 Å². The largest absolute Gasteiger partial charge is 0.483 e. The van der Waals surface area contributed by atoms with Gasteiger partial charge in [0.25, 0.3) is 12.4 Å². The summed E-state index contributed by atoms with van der Waals surface area (Å²) in [6.45, 7) is 4.27. The van der Waals surface area contributed by atoms with Crippen LogP contribution in [0.3, 0.4) is 0 Å². The molecule has 0 aliphatic heterocycles. The van der Waals surface area contributed by atoms with Crippen molar-refractivity contribution in [3.8, 4) is 0 Å². The highest BCUT2D eigenvalue weighted by atomic mass is 16.4. The van der Waals surface area contributed by atoms with E-state index in [-0.39, 0.29) is 12.9 Å². The second-order valence-corrected chi connectivity index (χ2v) is 2.52. The summed E-state index contributed by atoms with van der Waals surface area (Å²) >= 11 is 0. The highest BCUT2D eigenvalue weighted by Crippen LogP contribution is 1.82. The van der Waals surface area contributed by atoms with Crippen LogP contribution in [0.2, 0.25) is 0 Å². The Morgan fingerprint density at radius 2 is 1.22 bits per heavy atom. The van der Waals surface area contributed by atoms with Gasteiger partial charge in [0.05, 0.1) is 0 Å². The summed E-state index contributed by atoms with van der Waals surface area (Å²) in [6, 6.07) is 0. The normalized spacial score (nSPS) is 6.83. The molecule has 0 rings (SSSR count). The Hall–Kier alpha value is -2.12. The van der Waals surface area contributed by atoms with Gasteiger partial charge in [0.1, 0.15) is 0 Å². The zero-order valence-corrected chi connectivity index (χ0v) is 10.6. The Balaban J connectivity index is -0.0000000750. The topological polar surface area (TPSA) is 149 Å². The van der Waals surface area contributed by atoms with Crippen LogP contribution >= 0.6 is 0 Å². The fraction of sp³-hybridized carbons (Fsp3) is 0.600. The first kappa shape index (κ1) is 24.9. The molecule has 0 amide bonds. The molecule has 4 N–H and O–H groups in total. The fourth-order valence-electron chi connectivity index (χ4n) is 0.214. The van der Waals surface area contributed by atoms with Gasteiger partial charge in [-0.15, -0.1) is 0 Å². The first-order valence-corrected chi connectivity index (χ1v) is 4.90. The predicted molar refractivity (Wildman–Crippen MR) is 62.5 cm³/mol. The third kappa shape index (κ3) is 278. The molecule has 0 aliphatic carbocycles. The molecular formula is C10H20O8. The van der Waals surface area contributed by atoms with Gasteiger partial charge in [0.2, 0.25) is 0 Å². The number of hydrogen-bond acceptors (Lipinski definition) is 4. The maximum atomic E-state index is 9.60. The van der Waals surface area contributed by atoms with E-state index in [1.807, 2.05) is 6.92 Å². The highest BCUT2D eigenvalue weighted by Gasteiger charge is 1.87. The molecule has 0 aromatic heterocycles. The van der Waals surface area contributed by atoms with Crippen LogP contribution in [0, 0.1) is 0 Å². The first-order chi connectivity index (χ1) is 8.19. The molecule has 0 aromatic rings. The number of hydrogen-bond donors (Lipinski definition) is 4. The Morgan fingerprint density at radius 3 is 1.22 bits per heavy atom. The van der Waals surface area contributed by atoms with Crippen molar-refractivity contribution >= 4 is 24.4 Å². The van der Waals surface area contributed by atoms with Crippen LogP contribution < -0.4 is 0 Å². The number of aliphatic carboxylic acids is 3. The van der Waals surface area contributed by atoms with Crippen LogP contribution in [0.5, 0.6) is 0 Å². The zero-order chi connectivity index (χ0) is 15.6. The number of carbonyl (C=O) groups is 4. The van der Waals surface area contributed by atoms with Gasteiger partial charge in [0.15, 0.2) is 0 Å². The average molecular weight is 268 g/mol. The molecule has 0 saturated heterocycles. The third-order valence-electron chi connectivity index (χ3n) is 0.766. The van der Waals surface area contributed by atoms with Crippen molar-refractivity contribution < 1.29 is 39.6 Å². The van der Waals surface area contributed by atoms with E-state index in [2.05, 4.69) is 0 Å². The van der Waals surface area contributed by atoms with Crippen LogP contribution in [-0.2, 0) is 19.2 Å². The predicted octanol–water partition coefficient (Wildman–Crippen LogP) is 1.14. The summed E-state index contributed by atoms with van der Waals surface area (Å²) in [5, 5.41) is 29.9. The lowest BCUT2D eigenvalue weighted by Gasteiger charge is -1.79. The summed E-state index contributed by atoms with van der Waals surface area (Å²) in [4.78, 5) is 36.3. The summed E-state index contributed by atoms with van der Waals surface area (Å²) in [5.41, 5.74) is 0. The van der Waals surface area contributed by atoms with Crippen molar-refractivity contribution in [3.63, 3.8) is 0 Å². The molecule has 0 bridgehead atoms. The lowest BCUT2D eigenvalue weighted by Crippen LogP contribution is -1.90. The SMILES string of the molecule is CC(=O)O.CCC(=O)O.CCCC(=O)O.O=CO. The van der Waals surface area contributed by atoms with E-state index < -0.39 is 17.9 Å². The molecule has 18 heavy (non-hydrogen) atoms. The highest BCUT2D eigenvalue weighted by molar-refractivity contribution is 5.66. The molecule has 0 saturated carbocycles. The van der Waals surface area contributed by atoms with Crippen molar-refractivity contribution in [3.05, 3.63) is 0 Å². The maximum absolute atomic E-state index is 9.60. The molecule has 0 spiro atoms. The molecule has 0 heterocycles. The van der Waals surface area contributed by atoms with Crippen molar-refractivity contribution in [1.82, 2.24) is 0 Å². The summed E-state index contributed by atoms with van der Waals surface area (Å²) in [7, 11) is 0. The molecule has 0 atom stereocenters. The van der Waals surface area contributed by atoms with Crippen molar-refractivity contribution in [2.45, 2.75) is 40.0 Å². The first-order valence-electron chi connectivity index (χ1n) is 4.90. The quantitative estimate of drug-likeness (QED) is 0.556. The molecule has 108 valence electrons. The Morgan fingerprint density at radius 1 is 1.00 bits per heavy atom. The Kier molecular flexibility index (Phi) is 33.5. The van der Waals surface area contributed by atoms with Gasteiger partial charge in [-0.1, -0.05) is 13.8 Å². The van der Waals surface area contributed by atoms with Gasteiger partial charge in [-0.05, 0) is 6.42 Å². The lowest BCUT2D eigenvalue weighted by atomic mass is 10.4. The van der Waals surface area contributed by atoms with E-state index in [0.29, 0.717) is 6.42 Å². The number of carboxylic acids is 3. The van der Waals surface area contributed by atoms with E-state index in [4.69, 9.17) is 30.0 Å². The molecular weight excluding hydrogens is 248 g/mol. The van der Waals surface area contributed by atoms with Crippen LogP contribution in [0.25, 0.3) is 0 Å². The molecule has 0 unspecified atom stereocenters. The lowest BCUT2D eigenvalue weighted by molar-refractivity contribution is -0.137. The monoisotopic (exact) mass is 268 g/mol. The number of carboxylic acid groups (broad SMARTS) is 4. The summed E-state index contributed by atoms with van der Waals surface area (Å²) in [6.07, 6.45) is 1.25. The second kappa shape index (κ2) is 24.2. The molecule has 8 heteroatoms. The van der Waals surface area contributed by atoms with Crippen LogP contribution in [-0.4, -0.2) is 44.8 Å². The van der Waals surface area contributed by atoms with Gasteiger partial charge < -0.3 is 20.4 Å². The fourth-order valence-corrected chi connectivity index (χ4v) is 0.214. The minimum atomic E-state index is -0.833. The van der Waals surface area contributed by atoms with E-state index >= 15 is 0 Å². The minimum absolute atomic E-state index is 0.222. The second-order valence-electron chi connectivity index (χ2n) is 2.52. The summed E-state index contributed by atoms with van der Waals surface area (Å²) < 4.78 is 0. The van der Waals surface area contributed by atoms with Crippen LogP contribution in [0.4, 0.5) is 0 Å². The van der Waals surface area contributed by atoms with Crippen molar-refractivity contribution in [1.29, 1.82) is 0 Å². The molecule has 8 nitrogen and oxygen atoms in total. The van der Waals surface area contributed by atoms with Gasteiger partial charge in [-0.25, -0.2) is 0 Å². The molecule has 0 radical (unpaired) electrons. The molecule has 0 aromatic carbocycles. The summed E-state index contributed by atoms with van der Waals surface area (Å²) in [5.74, 6) is -2.29. The zero-order valence-electron chi connectivity index (χ0n) is 10.6. The van der Waals surface area contributed by atoms with Gasteiger partial charge in [0, 0.05) is 19.8 Å². The van der Waals surface area contributed by atoms with E-state index in [0.717, 1.165) is 13.3 Å². The van der Waals surface area contributed by atoms with E-state index in [9.17, 15) is 9.59 Å². The molecule has 0 aliphatic rings.